The van der Waals surface area contributed by atoms with E-state index in [-0.39, 0.29) is 30.4 Å². The molecule has 8 nitrogen and oxygen atoms in total. The van der Waals surface area contributed by atoms with Crippen LogP contribution < -0.4 is 4.90 Å². The monoisotopic (exact) mass is 551 g/mol. The fourth-order valence-electron chi connectivity index (χ4n) is 7.05. The van der Waals surface area contributed by atoms with Crippen molar-refractivity contribution in [2.75, 3.05) is 37.7 Å². The molecular weight excluding hydrogens is 506 g/mol. The highest BCUT2D eigenvalue weighted by Gasteiger charge is 2.74. The Labute approximate surface area is 238 Å². The number of carbonyl (C=O) groups excluding carboxylic acids is 3. The smallest absolute Gasteiger partial charge is 0.253 e. The third-order valence-electron chi connectivity index (χ3n) is 8.76. The summed E-state index contributed by atoms with van der Waals surface area (Å²) in [7, 11) is 0. The van der Waals surface area contributed by atoms with Gasteiger partial charge in [0.25, 0.3) is 5.91 Å². The molecule has 0 radical (unpaired) electrons. The number of hydrogen-bond acceptors (Lipinski definition) is 5. The lowest BCUT2D eigenvalue weighted by atomic mass is 9.70. The quantitative estimate of drug-likeness (QED) is 0.281. The molecule has 1 spiro atoms. The number of likely N-dealkylation sites (tertiary alicyclic amines) is 1. The topological polar surface area (TPSA) is 90.4 Å². The second kappa shape index (κ2) is 12.7. The number of rotatable bonds is 14. The zero-order valence-electron chi connectivity index (χ0n) is 24.3. The minimum Gasteiger partial charge on any atom is -0.396 e. The highest BCUT2D eigenvalue weighted by molar-refractivity contribution is 6.05. The molecule has 2 bridgehead atoms. The first kappa shape index (κ1) is 30.0. The number of aliphatic hydroxyl groups excluding tert-OH is 1. The first-order valence-corrected chi connectivity index (χ1v) is 14.7. The predicted molar refractivity (Wildman–Crippen MR) is 156 cm³/mol. The molecule has 3 aliphatic heterocycles. The third-order valence-corrected chi connectivity index (χ3v) is 8.76. The van der Waals surface area contributed by atoms with Gasteiger partial charge in [0.2, 0.25) is 11.8 Å². The molecule has 0 aliphatic carbocycles. The Kier molecular flexibility index (Phi) is 9.52. The number of nitrogens with zero attached hydrogens (tertiary/aromatic N) is 3. The molecule has 0 aromatic heterocycles. The fraction of sp³-hybridized carbons (Fsp3) is 0.594. The summed E-state index contributed by atoms with van der Waals surface area (Å²) in [6.07, 6.45) is 7.06. The molecule has 3 amide bonds. The first-order chi connectivity index (χ1) is 19.2. The van der Waals surface area contributed by atoms with Crippen molar-refractivity contribution >= 4 is 23.4 Å². The van der Waals surface area contributed by atoms with Crippen molar-refractivity contribution in [2.45, 2.75) is 77.0 Å². The van der Waals surface area contributed by atoms with Crippen LogP contribution in [0.15, 0.2) is 43.5 Å². The van der Waals surface area contributed by atoms with E-state index >= 15 is 0 Å². The van der Waals surface area contributed by atoms with Crippen molar-refractivity contribution in [1.29, 1.82) is 0 Å². The second-order valence-electron chi connectivity index (χ2n) is 11.5. The summed E-state index contributed by atoms with van der Waals surface area (Å²) in [6.45, 7) is 15.5. The average Bonchev–Trinajstić information content (AvgIpc) is 3.58. The van der Waals surface area contributed by atoms with Crippen LogP contribution in [0.3, 0.4) is 0 Å². The van der Waals surface area contributed by atoms with E-state index in [1.807, 2.05) is 39.0 Å². The lowest BCUT2D eigenvalue weighted by Gasteiger charge is -2.37. The highest BCUT2D eigenvalue weighted by atomic mass is 16.5. The summed E-state index contributed by atoms with van der Waals surface area (Å²) in [5.74, 6) is -1.76. The molecule has 4 rings (SSSR count). The minimum atomic E-state index is -1.04. The Balaban J connectivity index is 1.76. The molecule has 3 fully saturated rings. The molecule has 3 saturated heterocycles. The molecule has 5 atom stereocenters. The van der Waals surface area contributed by atoms with Crippen molar-refractivity contribution in [1.82, 2.24) is 9.80 Å². The van der Waals surface area contributed by atoms with Crippen LogP contribution in [0.2, 0.25) is 0 Å². The largest absolute Gasteiger partial charge is 0.396 e. The minimum absolute atomic E-state index is 0.0839. The van der Waals surface area contributed by atoms with E-state index in [9.17, 15) is 19.5 Å². The maximum atomic E-state index is 14.6. The molecule has 0 saturated carbocycles. The Morgan fingerprint density at radius 3 is 2.58 bits per heavy atom. The van der Waals surface area contributed by atoms with E-state index in [0.717, 1.165) is 29.7 Å². The molecule has 2 unspecified atom stereocenters. The van der Waals surface area contributed by atoms with Gasteiger partial charge in [-0.3, -0.25) is 14.4 Å². The summed E-state index contributed by atoms with van der Waals surface area (Å²) in [6, 6.07) is 5.17. The number of fused-ring (bicyclic) bond motifs is 1. The third kappa shape index (κ3) is 5.23. The number of benzene rings is 1. The number of amides is 3. The number of ether oxygens (including phenoxy) is 1. The number of carbonyl (C=O) groups is 3. The highest BCUT2D eigenvalue weighted by Crippen LogP contribution is 2.59. The van der Waals surface area contributed by atoms with Gasteiger partial charge in [0, 0.05) is 38.5 Å². The van der Waals surface area contributed by atoms with Crippen molar-refractivity contribution in [3.8, 4) is 0 Å². The zero-order chi connectivity index (χ0) is 29.0. The van der Waals surface area contributed by atoms with Crippen LogP contribution in [-0.4, -0.2) is 83.2 Å². The number of aryl methyl sites for hydroxylation is 2. The molecule has 8 heteroatoms. The molecule has 40 heavy (non-hydrogen) atoms. The first-order valence-electron chi connectivity index (χ1n) is 14.7. The molecule has 3 aliphatic rings. The number of unbranched alkanes of at least 4 members (excludes halogenated alkanes) is 2. The van der Waals surface area contributed by atoms with Crippen LogP contribution in [0, 0.1) is 25.7 Å². The van der Waals surface area contributed by atoms with Gasteiger partial charge in [-0.25, -0.2) is 0 Å². The lowest BCUT2D eigenvalue weighted by molar-refractivity contribution is -0.145. The SMILES string of the molecule is C=CCN(CCC)C(=O)[C@@H]1[C@@H]2CCC3(O2)C(C(=O)N(CC=C)c2cc(C)ccc2C)N(CCCCCO)C(=O)[C@H]13. The summed E-state index contributed by atoms with van der Waals surface area (Å²) < 4.78 is 6.65. The zero-order valence-corrected chi connectivity index (χ0v) is 24.3. The lowest BCUT2D eigenvalue weighted by Crippen LogP contribution is -2.56. The molecule has 3 heterocycles. The van der Waals surface area contributed by atoms with Crippen LogP contribution in [0.25, 0.3) is 0 Å². The van der Waals surface area contributed by atoms with Crippen LogP contribution in [0.1, 0.15) is 56.6 Å². The number of hydrogen-bond donors (Lipinski definition) is 1. The van der Waals surface area contributed by atoms with E-state index in [0.29, 0.717) is 51.9 Å². The van der Waals surface area contributed by atoms with Crippen molar-refractivity contribution in [2.24, 2.45) is 11.8 Å². The summed E-state index contributed by atoms with van der Waals surface area (Å²) in [5, 5.41) is 9.29. The van der Waals surface area contributed by atoms with Gasteiger partial charge in [-0.2, -0.15) is 0 Å². The Morgan fingerprint density at radius 2 is 1.90 bits per heavy atom. The Morgan fingerprint density at radius 1 is 1.15 bits per heavy atom. The van der Waals surface area contributed by atoms with Gasteiger partial charge >= 0.3 is 0 Å². The number of aliphatic hydroxyl groups is 1. The van der Waals surface area contributed by atoms with Gasteiger partial charge in [-0.15, -0.1) is 13.2 Å². The van der Waals surface area contributed by atoms with E-state index in [2.05, 4.69) is 13.2 Å². The van der Waals surface area contributed by atoms with Gasteiger partial charge in [0.05, 0.1) is 17.9 Å². The van der Waals surface area contributed by atoms with Crippen LogP contribution in [0.4, 0.5) is 5.69 Å². The van der Waals surface area contributed by atoms with Gasteiger partial charge in [-0.1, -0.05) is 31.2 Å². The maximum Gasteiger partial charge on any atom is 0.253 e. The molecule has 1 aromatic rings. The van der Waals surface area contributed by atoms with Crippen LogP contribution >= 0.6 is 0 Å². The predicted octanol–water partition coefficient (Wildman–Crippen LogP) is 3.78. The van der Waals surface area contributed by atoms with Gasteiger partial charge in [-0.05, 0) is 69.6 Å². The summed E-state index contributed by atoms with van der Waals surface area (Å²) in [5.41, 5.74) is 1.74. The Bertz CT molecular complexity index is 1140. The summed E-state index contributed by atoms with van der Waals surface area (Å²) >= 11 is 0. The molecule has 1 aromatic carbocycles. The number of anilines is 1. The van der Waals surface area contributed by atoms with Crippen LogP contribution in [0.5, 0.6) is 0 Å². The van der Waals surface area contributed by atoms with Gasteiger partial charge in [0.15, 0.2) is 0 Å². The fourth-order valence-corrected chi connectivity index (χ4v) is 7.05. The molecular formula is C32H45N3O5. The molecule has 218 valence electrons. The second-order valence-corrected chi connectivity index (χ2v) is 11.5. The van der Waals surface area contributed by atoms with E-state index in [1.165, 1.54) is 0 Å². The van der Waals surface area contributed by atoms with Gasteiger partial charge in [0.1, 0.15) is 11.6 Å². The Hall–Kier alpha value is -2.97. The van der Waals surface area contributed by atoms with Crippen molar-refractivity contribution in [3.05, 3.63) is 54.6 Å². The standard InChI is InChI=1S/C32H45N3O5/c1-6-16-33(17-7-2)29(37)26-25-14-15-32(40-25)27(26)30(38)35(19-10-9-11-20-36)28(32)31(39)34(18-8-3)24-21-22(4)12-13-23(24)5/h6,8,12-13,21,25-28,36H,1,3,7,9-11,14-20H2,2,4-5H3/t25-,26+,27-,28?,32?/m0/s1. The van der Waals surface area contributed by atoms with E-state index in [4.69, 9.17) is 4.74 Å². The maximum absolute atomic E-state index is 14.6. The molecule has 1 N–H and O–H groups in total. The van der Waals surface area contributed by atoms with Crippen molar-refractivity contribution in [3.63, 3.8) is 0 Å². The van der Waals surface area contributed by atoms with E-state index < -0.39 is 23.5 Å². The van der Waals surface area contributed by atoms with Crippen molar-refractivity contribution < 1.29 is 24.2 Å². The average molecular weight is 552 g/mol. The normalized spacial score (nSPS) is 26.6. The van der Waals surface area contributed by atoms with Crippen LogP contribution in [-0.2, 0) is 19.1 Å². The summed E-state index contributed by atoms with van der Waals surface area (Å²) in [4.78, 5) is 48.0. The van der Waals surface area contributed by atoms with Gasteiger partial charge < -0.3 is 24.5 Å². The van der Waals surface area contributed by atoms with E-state index in [1.54, 1.807) is 26.9 Å².